The summed E-state index contributed by atoms with van der Waals surface area (Å²) in [5.41, 5.74) is -0.192. The second-order valence-corrected chi connectivity index (χ2v) is 3.32. The predicted octanol–water partition coefficient (Wildman–Crippen LogP) is 1.91. The third-order valence-electron chi connectivity index (χ3n) is 2.35. The first-order chi connectivity index (χ1) is 8.01. The number of pyridine rings is 1. The van der Waals surface area contributed by atoms with Crippen molar-refractivity contribution in [2.45, 2.75) is 19.8 Å². The maximum Gasteiger partial charge on any atom is 0.311 e. The summed E-state index contributed by atoms with van der Waals surface area (Å²) in [6.07, 6.45) is -1.93. The fourth-order valence-electron chi connectivity index (χ4n) is 1.42. The lowest BCUT2D eigenvalue weighted by molar-refractivity contribution is -0.139. The molecular weight excluding hydrogens is 230 g/mol. The zero-order chi connectivity index (χ0) is 13.0. The normalized spacial score (nSPS) is 10.1. The smallest absolute Gasteiger partial charge is 0.311 e. The van der Waals surface area contributed by atoms with Crippen LogP contribution in [0.4, 0.5) is 8.78 Å². The predicted molar refractivity (Wildman–Crippen MR) is 54.4 cm³/mol. The number of hydrogen-bond acceptors (Lipinski definition) is 4. The van der Waals surface area contributed by atoms with Gasteiger partial charge < -0.3 is 4.74 Å². The van der Waals surface area contributed by atoms with Crippen molar-refractivity contribution in [3.05, 3.63) is 28.6 Å². The average molecular weight is 240 g/mol. The van der Waals surface area contributed by atoms with Gasteiger partial charge in [-0.3, -0.25) is 9.78 Å². The topological polar surface area (TPSA) is 63.0 Å². The number of esters is 1. The Morgan fingerprint density at radius 3 is 2.76 bits per heavy atom. The number of hydrogen-bond donors (Lipinski definition) is 0. The minimum absolute atomic E-state index is 0.0525. The summed E-state index contributed by atoms with van der Waals surface area (Å²) in [5, 5.41) is 8.72. The van der Waals surface area contributed by atoms with E-state index < -0.39 is 12.4 Å². The lowest BCUT2D eigenvalue weighted by Crippen LogP contribution is -2.11. The number of rotatable bonds is 3. The Kier molecular flexibility index (Phi) is 4.10. The van der Waals surface area contributed by atoms with Crippen LogP contribution in [0.25, 0.3) is 0 Å². The van der Waals surface area contributed by atoms with Gasteiger partial charge in [-0.15, -0.1) is 0 Å². The van der Waals surface area contributed by atoms with E-state index in [1.54, 1.807) is 6.07 Å². The summed E-state index contributed by atoms with van der Waals surface area (Å²) in [5.74, 6) is -0.650. The molecule has 1 rings (SSSR count). The van der Waals surface area contributed by atoms with E-state index in [1.807, 2.05) is 0 Å². The number of methoxy groups -OCH3 is 1. The molecule has 1 heterocycles. The minimum Gasteiger partial charge on any atom is -0.469 e. The number of ether oxygens (including phenoxy) is 1. The van der Waals surface area contributed by atoms with Crippen LogP contribution in [0.3, 0.4) is 0 Å². The SMILES string of the molecule is COC(=O)Cc1ncc(C#N)c(C)c1C(F)F. The van der Waals surface area contributed by atoms with E-state index in [2.05, 4.69) is 9.72 Å². The van der Waals surface area contributed by atoms with E-state index >= 15 is 0 Å². The molecule has 1 aromatic rings. The van der Waals surface area contributed by atoms with Gasteiger partial charge in [0.05, 0.1) is 24.8 Å². The molecule has 4 nitrogen and oxygen atoms in total. The number of halogens is 2. The van der Waals surface area contributed by atoms with Gasteiger partial charge in [0.1, 0.15) is 6.07 Å². The highest BCUT2D eigenvalue weighted by atomic mass is 19.3. The average Bonchev–Trinajstić information content (AvgIpc) is 2.28. The monoisotopic (exact) mass is 240 g/mol. The van der Waals surface area contributed by atoms with E-state index in [9.17, 15) is 13.6 Å². The van der Waals surface area contributed by atoms with E-state index in [0.717, 1.165) is 0 Å². The van der Waals surface area contributed by atoms with Crippen LogP contribution < -0.4 is 0 Å². The summed E-state index contributed by atoms with van der Waals surface area (Å²) in [6, 6.07) is 1.77. The fourth-order valence-corrected chi connectivity index (χ4v) is 1.42. The first-order valence-electron chi connectivity index (χ1n) is 4.74. The molecule has 0 unspecified atom stereocenters. The third-order valence-corrected chi connectivity index (χ3v) is 2.35. The van der Waals surface area contributed by atoms with Gasteiger partial charge in [-0.25, -0.2) is 8.78 Å². The minimum atomic E-state index is -2.78. The molecule has 0 radical (unpaired) electrons. The second kappa shape index (κ2) is 5.34. The number of carbonyl (C=O) groups excluding carboxylic acids is 1. The van der Waals surface area contributed by atoms with Crippen LogP contribution in [0.1, 0.15) is 28.8 Å². The first kappa shape index (κ1) is 13.0. The van der Waals surface area contributed by atoms with Gasteiger partial charge in [-0.1, -0.05) is 0 Å². The molecule has 0 bridgehead atoms. The Morgan fingerprint density at radius 1 is 1.65 bits per heavy atom. The molecule has 0 N–H and O–H groups in total. The van der Waals surface area contributed by atoms with Crippen molar-refractivity contribution in [3.8, 4) is 6.07 Å². The molecule has 0 aliphatic carbocycles. The molecule has 0 fully saturated rings. The Labute approximate surface area is 96.8 Å². The Morgan fingerprint density at radius 2 is 2.29 bits per heavy atom. The van der Waals surface area contributed by atoms with Gasteiger partial charge in [0, 0.05) is 11.8 Å². The van der Waals surface area contributed by atoms with Gasteiger partial charge in [-0.2, -0.15) is 5.26 Å². The van der Waals surface area contributed by atoms with Crippen LogP contribution in [0.2, 0.25) is 0 Å². The molecule has 0 amide bonds. The number of nitrogens with zero attached hydrogens (tertiary/aromatic N) is 2. The summed E-state index contributed by atoms with van der Waals surface area (Å²) in [7, 11) is 1.17. The van der Waals surface area contributed by atoms with E-state index in [-0.39, 0.29) is 28.8 Å². The fraction of sp³-hybridized carbons (Fsp3) is 0.364. The largest absolute Gasteiger partial charge is 0.469 e. The molecule has 0 aromatic carbocycles. The van der Waals surface area contributed by atoms with Crippen LogP contribution in [-0.4, -0.2) is 18.1 Å². The molecule has 0 atom stereocenters. The molecule has 0 saturated carbocycles. The Balaban J connectivity index is 3.27. The molecule has 6 heteroatoms. The molecule has 0 aliphatic heterocycles. The van der Waals surface area contributed by atoms with Gasteiger partial charge >= 0.3 is 5.97 Å². The van der Waals surface area contributed by atoms with Crippen LogP contribution in [0.5, 0.6) is 0 Å². The van der Waals surface area contributed by atoms with Crippen molar-refractivity contribution in [3.63, 3.8) is 0 Å². The summed E-state index contributed by atoms with van der Waals surface area (Å²) in [4.78, 5) is 14.8. The molecule has 90 valence electrons. The quantitative estimate of drug-likeness (QED) is 0.757. The Hall–Kier alpha value is -2.03. The van der Waals surface area contributed by atoms with Crippen molar-refractivity contribution >= 4 is 5.97 Å². The molecule has 0 spiro atoms. The molecule has 1 aromatic heterocycles. The molecule has 17 heavy (non-hydrogen) atoms. The van der Waals surface area contributed by atoms with Crippen molar-refractivity contribution in [2.75, 3.05) is 7.11 Å². The van der Waals surface area contributed by atoms with Crippen LogP contribution in [-0.2, 0) is 16.0 Å². The summed E-state index contributed by atoms with van der Waals surface area (Å²) < 4.78 is 30.1. The highest BCUT2D eigenvalue weighted by molar-refractivity contribution is 5.72. The molecule has 0 aliphatic rings. The number of carbonyl (C=O) groups is 1. The van der Waals surface area contributed by atoms with Gasteiger partial charge in [0.15, 0.2) is 0 Å². The van der Waals surface area contributed by atoms with E-state index in [0.29, 0.717) is 0 Å². The van der Waals surface area contributed by atoms with Gasteiger partial charge in [0.2, 0.25) is 0 Å². The van der Waals surface area contributed by atoms with Crippen molar-refractivity contribution < 1.29 is 18.3 Å². The maximum absolute atomic E-state index is 12.9. The van der Waals surface area contributed by atoms with Gasteiger partial charge in [-0.05, 0) is 12.5 Å². The van der Waals surface area contributed by atoms with Crippen molar-refractivity contribution in [1.29, 1.82) is 5.26 Å². The standard InChI is InChI=1S/C11H10F2N2O2/c1-6-7(4-14)5-15-8(3-9(16)17-2)10(6)11(12)13/h5,11H,3H2,1-2H3. The lowest BCUT2D eigenvalue weighted by atomic mass is 10.0. The first-order valence-corrected chi connectivity index (χ1v) is 4.74. The lowest BCUT2D eigenvalue weighted by Gasteiger charge is -2.11. The zero-order valence-corrected chi connectivity index (χ0v) is 9.33. The number of aromatic nitrogens is 1. The third kappa shape index (κ3) is 2.75. The molecular formula is C11H10F2N2O2. The Bertz CT molecular complexity index is 481. The highest BCUT2D eigenvalue weighted by Crippen LogP contribution is 2.27. The maximum atomic E-state index is 12.9. The summed E-state index contributed by atoms with van der Waals surface area (Å²) in [6.45, 7) is 1.41. The van der Waals surface area contributed by atoms with Crippen LogP contribution in [0, 0.1) is 18.3 Å². The highest BCUT2D eigenvalue weighted by Gasteiger charge is 2.21. The number of alkyl halides is 2. The van der Waals surface area contributed by atoms with Crippen molar-refractivity contribution in [2.24, 2.45) is 0 Å². The van der Waals surface area contributed by atoms with Crippen molar-refractivity contribution in [1.82, 2.24) is 4.98 Å². The van der Waals surface area contributed by atoms with Crippen LogP contribution in [0.15, 0.2) is 6.20 Å². The number of nitriles is 1. The van der Waals surface area contributed by atoms with Crippen LogP contribution >= 0.6 is 0 Å². The zero-order valence-electron chi connectivity index (χ0n) is 9.33. The molecule has 0 saturated heterocycles. The van der Waals surface area contributed by atoms with E-state index in [1.165, 1.54) is 20.2 Å². The summed E-state index contributed by atoms with van der Waals surface area (Å²) >= 11 is 0. The second-order valence-electron chi connectivity index (χ2n) is 3.32. The van der Waals surface area contributed by atoms with Gasteiger partial charge in [0.25, 0.3) is 6.43 Å². The van der Waals surface area contributed by atoms with E-state index in [4.69, 9.17) is 5.26 Å².